The molecule has 2 aromatic rings. The fraction of sp³-hybridized carbons (Fsp3) is 0.455. The lowest BCUT2D eigenvalue weighted by Gasteiger charge is -2.16. The van der Waals surface area contributed by atoms with Crippen molar-refractivity contribution in [3.8, 4) is 0 Å². The second kappa shape index (κ2) is 3.03. The molecule has 1 N–H and O–H groups in total. The minimum absolute atomic E-state index is 0.785. The first kappa shape index (κ1) is 10.1. The Morgan fingerprint density at radius 3 is 2.67 bits per heavy atom. The molecule has 0 radical (unpaired) electrons. The molecule has 0 aromatic carbocycles. The number of aryl methyl sites for hydroxylation is 2. The maximum absolute atomic E-state index is 9.85. The topological polar surface area (TPSA) is 50.9 Å². The number of hydrogen-bond donors (Lipinski definition) is 1. The van der Waals surface area contributed by atoms with Crippen LogP contribution in [0.5, 0.6) is 0 Å². The molecule has 80 valence electrons. The number of fused-ring (bicyclic) bond motifs is 1. The highest BCUT2D eigenvalue weighted by Crippen LogP contribution is 2.22. The fourth-order valence-corrected chi connectivity index (χ4v) is 1.52. The smallest absolute Gasteiger partial charge is 0.159 e. The maximum Gasteiger partial charge on any atom is 0.159 e. The zero-order valence-corrected chi connectivity index (χ0v) is 9.44. The van der Waals surface area contributed by atoms with E-state index in [9.17, 15) is 5.11 Å². The van der Waals surface area contributed by atoms with Crippen molar-refractivity contribution >= 4 is 11.2 Å². The molecule has 2 rings (SSSR count). The van der Waals surface area contributed by atoms with Crippen molar-refractivity contribution in [3.63, 3.8) is 0 Å². The van der Waals surface area contributed by atoms with Crippen molar-refractivity contribution in [2.45, 2.75) is 26.4 Å². The van der Waals surface area contributed by atoms with E-state index in [4.69, 9.17) is 0 Å². The molecule has 0 aliphatic carbocycles. The van der Waals surface area contributed by atoms with Crippen LogP contribution < -0.4 is 0 Å². The highest BCUT2D eigenvalue weighted by atomic mass is 16.3. The zero-order chi connectivity index (χ0) is 11.2. The van der Waals surface area contributed by atoms with Gasteiger partial charge in [-0.05, 0) is 26.8 Å². The normalized spacial score (nSPS) is 12.3. The van der Waals surface area contributed by atoms with Crippen molar-refractivity contribution < 1.29 is 5.11 Å². The van der Waals surface area contributed by atoms with E-state index in [0.29, 0.717) is 0 Å². The molecule has 0 unspecified atom stereocenters. The molecule has 0 aliphatic rings. The monoisotopic (exact) mass is 205 g/mol. The molecule has 0 amide bonds. The van der Waals surface area contributed by atoms with Crippen LogP contribution in [0.3, 0.4) is 0 Å². The summed E-state index contributed by atoms with van der Waals surface area (Å²) in [7, 11) is 1.93. The van der Waals surface area contributed by atoms with Gasteiger partial charge in [-0.3, -0.25) is 0 Å². The van der Waals surface area contributed by atoms with Gasteiger partial charge in [0, 0.05) is 18.8 Å². The van der Waals surface area contributed by atoms with Gasteiger partial charge in [-0.15, -0.1) is 0 Å². The third-order valence-corrected chi connectivity index (χ3v) is 2.64. The van der Waals surface area contributed by atoms with Crippen molar-refractivity contribution in [3.05, 3.63) is 23.7 Å². The average Bonchev–Trinajstić information content (AvgIpc) is 2.41. The molecule has 2 heterocycles. The van der Waals surface area contributed by atoms with E-state index < -0.39 is 5.60 Å². The van der Waals surface area contributed by atoms with Crippen LogP contribution in [0.2, 0.25) is 0 Å². The molecule has 0 fully saturated rings. The minimum Gasteiger partial charge on any atom is -0.386 e. The molecular weight excluding hydrogens is 190 g/mol. The van der Waals surface area contributed by atoms with E-state index in [1.165, 1.54) is 0 Å². The maximum atomic E-state index is 9.85. The van der Waals surface area contributed by atoms with Crippen LogP contribution in [0.4, 0.5) is 0 Å². The molecule has 0 bridgehead atoms. The summed E-state index contributed by atoms with van der Waals surface area (Å²) in [4.78, 5) is 8.68. The SMILES string of the molecule is Cc1nc2cc(C(C)(C)O)cnc2n1C. The van der Waals surface area contributed by atoms with E-state index in [-0.39, 0.29) is 0 Å². The van der Waals surface area contributed by atoms with E-state index in [0.717, 1.165) is 22.6 Å². The summed E-state index contributed by atoms with van der Waals surface area (Å²) in [5, 5.41) is 9.85. The summed E-state index contributed by atoms with van der Waals surface area (Å²) >= 11 is 0. The first-order valence-electron chi connectivity index (χ1n) is 4.91. The van der Waals surface area contributed by atoms with Gasteiger partial charge in [0.2, 0.25) is 0 Å². The molecule has 15 heavy (non-hydrogen) atoms. The van der Waals surface area contributed by atoms with Gasteiger partial charge < -0.3 is 9.67 Å². The predicted molar refractivity (Wildman–Crippen MR) is 58.5 cm³/mol. The summed E-state index contributed by atoms with van der Waals surface area (Å²) < 4.78 is 1.93. The third-order valence-electron chi connectivity index (χ3n) is 2.64. The van der Waals surface area contributed by atoms with E-state index in [1.807, 2.05) is 24.6 Å². The largest absolute Gasteiger partial charge is 0.386 e. The second-order valence-corrected chi connectivity index (χ2v) is 4.34. The number of hydrogen-bond acceptors (Lipinski definition) is 3. The summed E-state index contributed by atoms with van der Waals surface area (Å²) in [5.41, 5.74) is 1.59. The van der Waals surface area contributed by atoms with Crippen LogP contribution in [0, 0.1) is 6.92 Å². The number of pyridine rings is 1. The molecule has 0 atom stereocenters. The van der Waals surface area contributed by atoms with Gasteiger partial charge in [-0.25, -0.2) is 9.97 Å². The Morgan fingerprint density at radius 2 is 2.07 bits per heavy atom. The van der Waals surface area contributed by atoms with Crippen molar-refractivity contribution in [1.82, 2.24) is 14.5 Å². The Bertz CT molecular complexity index is 508. The fourth-order valence-electron chi connectivity index (χ4n) is 1.52. The van der Waals surface area contributed by atoms with Gasteiger partial charge in [0.1, 0.15) is 11.3 Å². The lowest BCUT2D eigenvalue weighted by molar-refractivity contribution is 0.0784. The predicted octanol–water partition coefficient (Wildman–Crippen LogP) is 1.50. The van der Waals surface area contributed by atoms with Gasteiger partial charge in [-0.1, -0.05) is 0 Å². The van der Waals surface area contributed by atoms with Crippen LogP contribution in [-0.4, -0.2) is 19.6 Å². The molecule has 0 aliphatic heterocycles. The van der Waals surface area contributed by atoms with Gasteiger partial charge in [-0.2, -0.15) is 0 Å². The second-order valence-electron chi connectivity index (χ2n) is 4.34. The van der Waals surface area contributed by atoms with Crippen LogP contribution >= 0.6 is 0 Å². The molecule has 4 heteroatoms. The number of nitrogens with zero attached hydrogens (tertiary/aromatic N) is 3. The number of rotatable bonds is 1. The molecular formula is C11H15N3O. The standard InChI is InChI=1S/C11H15N3O/c1-7-13-9-5-8(11(2,3)15)6-12-10(9)14(7)4/h5-6,15H,1-4H3. The van der Waals surface area contributed by atoms with E-state index >= 15 is 0 Å². The molecule has 0 spiro atoms. The Labute approximate surface area is 88.6 Å². The molecule has 0 saturated heterocycles. The van der Waals surface area contributed by atoms with Gasteiger partial charge in [0.15, 0.2) is 5.65 Å². The Morgan fingerprint density at radius 1 is 1.40 bits per heavy atom. The zero-order valence-electron chi connectivity index (χ0n) is 9.44. The molecule has 2 aromatic heterocycles. The van der Waals surface area contributed by atoms with Crippen LogP contribution in [0.15, 0.2) is 12.3 Å². The third kappa shape index (κ3) is 1.61. The average molecular weight is 205 g/mol. The molecule has 4 nitrogen and oxygen atoms in total. The van der Waals surface area contributed by atoms with Crippen molar-refractivity contribution in [2.24, 2.45) is 7.05 Å². The molecule has 0 saturated carbocycles. The highest BCUT2D eigenvalue weighted by molar-refractivity contribution is 5.72. The summed E-state index contributed by atoms with van der Waals surface area (Å²) in [5.74, 6) is 0.922. The highest BCUT2D eigenvalue weighted by Gasteiger charge is 2.18. The van der Waals surface area contributed by atoms with Crippen molar-refractivity contribution in [2.75, 3.05) is 0 Å². The first-order valence-corrected chi connectivity index (χ1v) is 4.91. The first-order chi connectivity index (χ1) is 6.89. The van der Waals surface area contributed by atoms with Gasteiger partial charge in [0.25, 0.3) is 0 Å². The minimum atomic E-state index is -0.868. The number of imidazole rings is 1. The van der Waals surface area contributed by atoms with E-state index in [1.54, 1.807) is 20.0 Å². The van der Waals surface area contributed by atoms with Crippen LogP contribution in [-0.2, 0) is 12.6 Å². The Kier molecular flexibility index (Phi) is 2.04. The van der Waals surface area contributed by atoms with Crippen LogP contribution in [0.25, 0.3) is 11.2 Å². The van der Waals surface area contributed by atoms with Crippen LogP contribution in [0.1, 0.15) is 25.2 Å². The summed E-state index contributed by atoms with van der Waals surface area (Å²) in [6.45, 7) is 5.42. The quantitative estimate of drug-likeness (QED) is 0.767. The lowest BCUT2D eigenvalue weighted by Crippen LogP contribution is -2.15. The number of aliphatic hydroxyl groups is 1. The Balaban J connectivity index is 2.67. The lowest BCUT2D eigenvalue weighted by atomic mass is 10.0. The van der Waals surface area contributed by atoms with Crippen molar-refractivity contribution in [1.29, 1.82) is 0 Å². The summed E-state index contributed by atoms with van der Waals surface area (Å²) in [6.07, 6.45) is 1.70. The number of aromatic nitrogens is 3. The van der Waals surface area contributed by atoms with Gasteiger partial charge >= 0.3 is 0 Å². The van der Waals surface area contributed by atoms with E-state index in [2.05, 4.69) is 9.97 Å². The Hall–Kier alpha value is -1.42. The summed E-state index contributed by atoms with van der Waals surface area (Å²) in [6, 6.07) is 1.88. The van der Waals surface area contributed by atoms with Gasteiger partial charge in [0.05, 0.1) is 5.60 Å².